The summed E-state index contributed by atoms with van der Waals surface area (Å²) < 4.78 is 0. The topological polar surface area (TPSA) is 6.48 Å². The molecule has 4 aliphatic heterocycles. The lowest BCUT2D eigenvalue weighted by atomic mass is 9.70. The van der Waals surface area contributed by atoms with Crippen molar-refractivity contribution in [2.75, 3.05) is 19.6 Å². The third kappa shape index (κ3) is 2.67. The van der Waals surface area contributed by atoms with Gasteiger partial charge in [-0.25, -0.2) is 0 Å². The van der Waals surface area contributed by atoms with Gasteiger partial charge < -0.3 is 0 Å². The second kappa shape index (κ2) is 6.20. The highest BCUT2D eigenvalue weighted by Gasteiger charge is 2.48. The van der Waals surface area contributed by atoms with E-state index >= 15 is 0 Å². The molecule has 2 bridgehead atoms. The van der Waals surface area contributed by atoms with Crippen molar-refractivity contribution >= 4 is 0 Å². The molecule has 0 spiro atoms. The summed E-state index contributed by atoms with van der Waals surface area (Å²) in [6.07, 6.45) is 14.8. The second-order valence-electron chi connectivity index (χ2n) is 8.31. The van der Waals surface area contributed by atoms with E-state index in [0.717, 1.165) is 30.0 Å². The molecule has 5 atom stereocenters. The van der Waals surface area contributed by atoms with Crippen molar-refractivity contribution in [2.45, 2.75) is 89.3 Å². The van der Waals surface area contributed by atoms with Crippen LogP contribution in [0.3, 0.4) is 0 Å². The number of rotatable bonds is 3. The van der Waals surface area contributed by atoms with Gasteiger partial charge in [0.1, 0.15) is 0 Å². The Hall–Kier alpha value is -0.0800. The zero-order chi connectivity index (χ0) is 14.2. The molecule has 4 aliphatic rings. The molecular formula is C19H34N2. The molecule has 4 heterocycles. The van der Waals surface area contributed by atoms with E-state index in [9.17, 15) is 0 Å². The van der Waals surface area contributed by atoms with Crippen LogP contribution in [-0.4, -0.2) is 47.6 Å². The molecule has 0 N–H and O–H groups in total. The first-order chi connectivity index (χ1) is 10.4. The molecule has 0 aromatic carbocycles. The predicted molar refractivity (Wildman–Crippen MR) is 88.5 cm³/mol. The molecule has 0 aromatic rings. The highest BCUT2D eigenvalue weighted by molar-refractivity contribution is 5.02. The average Bonchev–Trinajstić information content (AvgIpc) is 2.53. The van der Waals surface area contributed by atoms with Crippen LogP contribution in [0.2, 0.25) is 0 Å². The molecule has 2 nitrogen and oxygen atoms in total. The fraction of sp³-hybridized carbons (Fsp3) is 1.00. The summed E-state index contributed by atoms with van der Waals surface area (Å²) >= 11 is 0. The number of nitrogens with zero attached hydrogens (tertiary/aromatic N) is 2. The molecule has 4 fully saturated rings. The van der Waals surface area contributed by atoms with Crippen LogP contribution in [0, 0.1) is 11.8 Å². The molecule has 0 amide bonds. The van der Waals surface area contributed by atoms with Crippen LogP contribution >= 0.6 is 0 Å². The second-order valence-corrected chi connectivity index (χ2v) is 8.31. The third-order valence-electron chi connectivity index (χ3n) is 7.10. The zero-order valence-corrected chi connectivity index (χ0v) is 14.0. The van der Waals surface area contributed by atoms with Crippen LogP contribution in [0.15, 0.2) is 0 Å². The van der Waals surface area contributed by atoms with E-state index in [2.05, 4.69) is 16.7 Å². The Labute approximate surface area is 131 Å². The summed E-state index contributed by atoms with van der Waals surface area (Å²) in [6, 6.07) is 2.83. The number of piperidine rings is 4. The van der Waals surface area contributed by atoms with Gasteiger partial charge >= 0.3 is 0 Å². The number of unbranched alkanes of at least 4 members (excludes halogenated alkanes) is 1. The Morgan fingerprint density at radius 1 is 0.905 bits per heavy atom. The van der Waals surface area contributed by atoms with E-state index in [1.165, 1.54) is 77.4 Å². The summed E-state index contributed by atoms with van der Waals surface area (Å²) in [5.41, 5.74) is 0. The maximum absolute atomic E-state index is 3.02. The van der Waals surface area contributed by atoms with E-state index in [4.69, 9.17) is 0 Å². The number of fused-ring (bicyclic) bond motifs is 6. The van der Waals surface area contributed by atoms with Crippen LogP contribution in [0.1, 0.15) is 71.1 Å². The first-order valence-electron chi connectivity index (χ1n) is 9.86. The standard InChI is InChI=1S/C19H34N2/c1-2-3-7-17-8-6-10-19-15-12-16(14-21(17)19)18-9-4-5-11-20(18)13-15/h15-19H,2-14H2,1H3/t15-,16-,17?,18-,19+/m0/s1. The highest BCUT2D eigenvalue weighted by Crippen LogP contribution is 2.44. The lowest BCUT2D eigenvalue weighted by Crippen LogP contribution is -2.65. The van der Waals surface area contributed by atoms with Gasteiger partial charge in [-0.1, -0.05) is 32.6 Å². The van der Waals surface area contributed by atoms with Crippen LogP contribution in [-0.2, 0) is 0 Å². The Morgan fingerprint density at radius 2 is 1.76 bits per heavy atom. The van der Waals surface area contributed by atoms with Crippen molar-refractivity contribution in [1.29, 1.82) is 0 Å². The molecule has 4 rings (SSSR count). The quantitative estimate of drug-likeness (QED) is 0.777. The lowest BCUT2D eigenvalue weighted by Gasteiger charge is -2.59. The van der Waals surface area contributed by atoms with Crippen molar-refractivity contribution < 1.29 is 0 Å². The Morgan fingerprint density at radius 3 is 2.67 bits per heavy atom. The first kappa shape index (κ1) is 14.5. The summed E-state index contributed by atoms with van der Waals surface area (Å²) in [5.74, 6) is 2.00. The zero-order valence-electron chi connectivity index (χ0n) is 14.0. The maximum Gasteiger partial charge on any atom is 0.0139 e. The molecule has 21 heavy (non-hydrogen) atoms. The minimum absolute atomic E-state index is 0.934. The van der Waals surface area contributed by atoms with Crippen LogP contribution < -0.4 is 0 Å². The third-order valence-corrected chi connectivity index (χ3v) is 7.10. The predicted octanol–water partition coefficient (Wildman–Crippen LogP) is 3.90. The van der Waals surface area contributed by atoms with Crippen LogP contribution in [0.4, 0.5) is 0 Å². The minimum atomic E-state index is 0.934. The molecule has 4 saturated heterocycles. The molecule has 0 radical (unpaired) electrons. The summed E-state index contributed by atoms with van der Waals surface area (Å²) in [5, 5.41) is 0. The molecule has 1 unspecified atom stereocenters. The average molecular weight is 290 g/mol. The van der Waals surface area contributed by atoms with Gasteiger partial charge in [0.05, 0.1) is 0 Å². The van der Waals surface area contributed by atoms with Gasteiger partial charge in [0, 0.05) is 31.2 Å². The maximum atomic E-state index is 3.02. The molecule has 0 saturated carbocycles. The summed E-state index contributed by atoms with van der Waals surface area (Å²) in [7, 11) is 0. The van der Waals surface area contributed by atoms with E-state index in [1.54, 1.807) is 6.42 Å². The molecule has 2 heteroatoms. The Kier molecular flexibility index (Phi) is 4.28. The van der Waals surface area contributed by atoms with Gasteiger partial charge in [-0.15, -0.1) is 0 Å². The van der Waals surface area contributed by atoms with Crippen molar-refractivity contribution in [2.24, 2.45) is 11.8 Å². The van der Waals surface area contributed by atoms with Gasteiger partial charge in [-0.3, -0.25) is 9.80 Å². The molecule has 120 valence electrons. The Bertz CT molecular complexity index is 355. The number of hydrogen-bond donors (Lipinski definition) is 0. The van der Waals surface area contributed by atoms with Crippen molar-refractivity contribution in [3.05, 3.63) is 0 Å². The van der Waals surface area contributed by atoms with Crippen molar-refractivity contribution in [3.63, 3.8) is 0 Å². The van der Waals surface area contributed by atoms with Gasteiger partial charge in [0.2, 0.25) is 0 Å². The molecule has 0 aromatic heterocycles. The minimum Gasteiger partial charge on any atom is -0.300 e. The largest absolute Gasteiger partial charge is 0.300 e. The van der Waals surface area contributed by atoms with Crippen LogP contribution in [0.25, 0.3) is 0 Å². The monoisotopic (exact) mass is 290 g/mol. The van der Waals surface area contributed by atoms with Gasteiger partial charge in [-0.2, -0.15) is 0 Å². The first-order valence-corrected chi connectivity index (χ1v) is 9.86. The van der Waals surface area contributed by atoms with Gasteiger partial charge in [0.15, 0.2) is 0 Å². The van der Waals surface area contributed by atoms with Gasteiger partial charge in [-0.05, 0) is 56.9 Å². The van der Waals surface area contributed by atoms with Crippen molar-refractivity contribution in [1.82, 2.24) is 9.80 Å². The van der Waals surface area contributed by atoms with E-state index in [-0.39, 0.29) is 0 Å². The smallest absolute Gasteiger partial charge is 0.0139 e. The fourth-order valence-electron chi connectivity index (χ4n) is 6.15. The number of hydrogen-bond acceptors (Lipinski definition) is 2. The Balaban J connectivity index is 1.50. The summed E-state index contributed by atoms with van der Waals surface area (Å²) in [6.45, 7) is 6.63. The SMILES string of the molecule is CCCCC1CCC[C@@H]2[C@H]3C[C@@H](CN12)[C@@H]1CCCCN1C3. The van der Waals surface area contributed by atoms with E-state index < -0.39 is 0 Å². The van der Waals surface area contributed by atoms with E-state index in [0.29, 0.717) is 0 Å². The van der Waals surface area contributed by atoms with Crippen molar-refractivity contribution in [3.8, 4) is 0 Å². The molecular weight excluding hydrogens is 256 g/mol. The normalized spacial score (nSPS) is 44.1. The van der Waals surface area contributed by atoms with E-state index in [1.807, 2.05) is 0 Å². The van der Waals surface area contributed by atoms with Crippen LogP contribution in [0.5, 0.6) is 0 Å². The van der Waals surface area contributed by atoms with Gasteiger partial charge in [0.25, 0.3) is 0 Å². The molecule has 0 aliphatic carbocycles. The summed E-state index contributed by atoms with van der Waals surface area (Å²) in [4.78, 5) is 5.92. The lowest BCUT2D eigenvalue weighted by molar-refractivity contribution is -0.0914. The fourth-order valence-corrected chi connectivity index (χ4v) is 6.15. The highest BCUT2D eigenvalue weighted by atomic mass is 15.3.